The highest BCUT2D eigenvalue weighted by Gasteiger charge is 2.17. The Hall–Kier alpha value is -1.59. The van der Waals surface area contributed by atoms with Crippen molar-refractivity contribution in [1.29, 1.82) is 0 Å². The lowest BCUT2D eigenvalue weighted by atomic mass is 10.2. The van der Waals surface area contributed by atoms with E-state index in [2.05, 4.69) is 16.3 Å². The van der Waals surface area contributed by atoms with E-state index in [1.165, 1.54) is 11.1 Å². The van der Waals surface area contributed by atoms with Crippen LogP contribution in [0.25, 0.3) is 0 Å². The molecular formula is C13H16N2O2S. The number of carbonyl (C=O) groups excluding carboxylic acids is 1. The van der Waals surface area contributed by atoms with E-state index < -0.39 is 0 Å². The number of carbonyl (C=O) groups is 1. The molecule has 0 saturated carbocycles. The Balaban J connectivity index is 1.97. The second-order valence-electron chi connectivity index (χ2n) is 4.18. The third kappa shape index (κ3) is 3.00. The predicted molar refractivity (Wildman–Crippen MR) is 71.8 cm³/mol. The maximum Gasteiger partial charge on any atom is 0.287 e. The van der Waals surface area contributed by atoms with Crippen molar-refractivity contribution < 1.29 is 9.21 Å². The molecule has 0 radical (unpaired) electrons. The minimum atomic E-state index is -0.177. The van der Waals surface area contributed by atoms with Gasteiger partial charge in [0.05, 0.1) is 12.3 Å². The van der Waals surface area contributed by atoms with Gasteiger partial charge in [-0.05, 0) is 37.7 Å². The van der Waals surface area contributed by atoms with Gasteiger partial charge in [0.15, 0.2) is 5.76 Å². The topological polar surface area (TPSA) is 45.5 Å². The van der Waals surface area contributed by atoms with Crippen LogP contribution in [0.15, 0.2) is 40.3 Å². The predicted octanol–water partition coefficient (Wildman–Crippen LogP) is 2.37. The molecule has 96 valence electrons. The number of hydrogen-bond acceptors (Lipinski definition) is 4. The normalized spacial score (nSPS) is 12.6. The van der Waals surface area contributed by atoms with Crippen LogP contribution in [0, 0.1) is 0 Å². The molecular weight excluding hydrogens is 248 g/mol. The fourth-order valence-electron chi connectivity index (χ4n) is 1.70. The number of thiophene rings is 1. The van der Waals surface area contributed by atoms with Gasteiger partial charge in [-0.1, -0.05) is 6.07 Å². The van der Waals surface area contributed by atoms with E-state index in [0.717, 1.165) is 0 Å². The summed E-state index contributed by atoms with van der Waals surface area (Å²) < 4.78 is 5.06. The highest BCUT2D eigenvalue weighted by molar-refractivity contribution is 7.10. The molecule has 0 saturated heterocycles. The van der Waals surface area contributed by atoms with Gasteiger partial charge in [0.25, 0.3) is 5.91 Å². The monoisotopic (exact) mass is 264 g/mol. The number of nitrogens with zero attached hydrogens (tertiary/aromatic N) is 1. The molecule has 1 atom stereocenters. The number of likely N-dealkylation sites (N-methyl/N-ethyl adjacent to an activating group) is 1. The molecule has 2 aromatic heterocycles. The first kappa shape index (κ1) is 12.9. The molecule has 2 rings (SSSR count). The lowest BCUT2D eigenvalue weighted by Crippen LogP contribution is -2.34. The summed E-state index contributed by atoms with van der Waals surface area (Å²) in [5.41, 5.74) is 0. The van der Waals surface area contributed by atoms with E-state index in [1.807, 2.05) is 25.5 Å². The average Bonchev–Trinajstić information content (AvgIpc) is 3.01. The molecule has 0 bridgehead atoms. The zero-order chi connectivity index (χ0) is 13.0. The van der Waals surface area contributed by atoms with Crippen molar-refractivity contribution in [2.24, 2.45) is 0 Å². The molecule has 5 heteroatoms. The van der Waals surface area contributed by atoms with Crippen LogP contribution in [0.4, 0.5) is 0 Å². The number of hydrogen-bond donors (Lipinski definition) is 1. The number of furan rings is 1. The maximum atomic E-state index is 11.8. The Labute approximate surface area is 110 Å². The van der Waals surface area contributed by atoms with Gasteiger partial charge < -0.3 is 14.6 Å². The standard InChI is InChI=1S/C13H16N2O2S/c1-15(2)10(12-6-4-8-18-12)9-14-13(16)11-5-3-7-17-11/h3-8,10H,9H2,1-2H3,(H,14,16)/t10-/m0/s1. The summed E-state index contributed by atoms with van der Waals surface area (Å²) in [5, 5.41) is 4.93. The van der Waals surface area contributed by atoms with Gasteiger partial charge in [0.1, 0.15) is 0 Å². The molecule has 18 heavy (non-hydrogen) atoms. The van der Waals surface area contributed by atoms with E-state index in [9.17, 15) is 4.79 Å². The van der Waals surface area contributed by atoms with E-state index in [0.29, 0.717) is 12.3 Å². The zero-order valence-corrected chi connectivity index (χ0v) is 11.2. The van der Waals surface area contributed by atoms with Crippen molar-refractivity contribution in [1.82, 2.24) is 10.2 Å². The molecule has 0 aliphatic heterocycles. The largest absolute Gasteiger partial charge is 0.459 e. The molecule has 0 fully saturated rings. The highest BCUT2D eigenvalue weighted by Crippen LogP contribution is 2.22. The van der Waals surface area contributed by atoms with Gasteiger partial charge >= 0.3 is 0 Å². The van der Waals surface area contributed by atoms with Crippen molar-refractivity contribution in [3.63, 3.8) is 0 Å². The summed E-state index contributed by atoms with van der Waals surface area (Å²) in [4.78, 5) is 15.1. The van der Waals surface area contributed by atoms with Crippen LogP contribution in [0.5, 0.6) is 0 Å². The molecule has 0 unspecified atom stereocenters. The Kier molecular flexibility index (Phi) is 4.17. The molecule has 1 N–H and O–H groups in total. The Morgan fingerprint density at radius 3 is 2.83 bits per heavy atom. The SMILES string of the molecule is CN(C)[C@@H](CNC(=O)c1ccco1)c1cccs1. The lowest BCUT2D eigenvalue weighted by Gasteiger charge is -2.23. The Bertz CT molecular complexity index is 477. The molecule has 2 aromatic rings. The van der Waals surface area contributed by atoms with Gasteiger partial charge in [0.2, 0.25) is 0 Å². The summed E-state index contributed by atoms with van der Waals surface area (Å²) in [6, 6.07) is 7.64. The summed E-state index contributed by atoms with van der Waals surface area (Å²) >= 11 is 1.69. The smallest absolute Gasteiger partial charge is 0.287 e. The Morgan fingerprint density at radius 2 is 2.28 bits per heavy atom. The van der Waals surface area contributed by atoms with Gasteiger partial charge in [-0.25, -0.2) is 0 Å². The molecule has 0 aliphatic rings. The van der Waals surface area contributed by atoms with E-state index in [-0.39, 0.29) is 11.9 Å². The van der Waals surface area contributed by atoms with Crippen LogP contribution < -0.4 is 5.32 Å². The second kappa shape index (κ2) is 5.84. The van der Waals surface area contributed by atoms with E-state index in [1.54, 1.807) is 23.5 Å². The molecule has 0 aromatic carbocycles. The van der Waals surface area contributed by atoms with Gasteiger partial charge in [-0.15, -0.1) is 11.3 Å². The fourth-order valence-corrected chi connectivity index (χ4v) is 2.63. The molecule has 1 amide bonds. The van der Waals surface area contributed by atoms with Crippen molar-refractivity contribution in [3.05, 3.63) is 46.5 Å². The first-order chi connectivity index (χ1) is 8.68. The number of amides is 1. The molecule has 4 nitrogen and oxygen atoms in total. The van der Waals surface area contributed by atoms with Crippen molar-refractivity contribution in [2.45, 2.75) is 6.04 Å². The molecule has 0 spiro atoms. The summed E-state index contributed by atoms with van der Waals surface area (Å²) in [5.74, 6) is 0.169. The van der Waals surface area contributed by atoms with Crippen LogP contribution in [0.1, 0.15) is 21.5 Å². The highest BCUT2D eigenvalue weighted by atomic mass is 32.1. The molecule has 2 heterocycles. The van der Waals surface area contributed by atoms with E-state index in [4.69, 9.17) is 4.42 Å². The zero-order valence-electron chi connectivity index (χ0n) is 10.4. The molecule has 0 aliphatic carbocycles. The van der Waals surface area contributed by atoms with E-state index >= 15 is 0 Å². The van der Waals surface area contributed by atoms with Crippen molar-refractivity contribution >= 4 is 17.2 Å². The number of rotatable bonds is 5. The van der Waals surface area contributed by atoms with Crippen LogP contribution in [0.2, 0.25) is 0 Å². The minimum absolute atomic E-state index is 0.177. The third-order valence-corrected chi connectivity index (χ3v) is 3.67. The summed E-state index contributed by atoms with van der Waals surface area (Å²) in [6.45, 7) is 0.563. The van der Waals surface area contributed by atoms with Crippen LogP contribution in [0.3, 0.4) is 0 Å². The van der Waals surface area contributed by atoms with Crippen LogP contribution in [-0.4, -0.2) is 31.4 Å². The van der Waals surface area contributed by atoms with Gasteiger partial charge in [0, 0.05) is 11.4 Å². The quantitative estimate of drug-likeness (QED) is 0.901. The van der Waals surface area contributed by atoms with Crippen LogP contribution >= 0.6 is 11.3 Å². The van der Waals surface area contributed by atoms with Crippen molar-refractivity contribution in [3.8, 4) is 0 Å². The van der Waals surface area contributed by atoms with Gasteiger partial charge in [-0.2, -0.15) is 0 Å². The van der Waals surface area contributed by atoms with Crippen molar-refractivity contribution in [2.75, 3.05) is 20.6 Å². The third-order valence-electron chi connectivity index (χ3n) is 2.70. The summed E-state index contributed by atoms with van der Waals surface area (Å²) in [6.07, 6.45) is 1.50. The number of nitrogens with one attached hydrogen (secondary N) is 1. The summed E-state index contributed by atoms with van der Waals surface area (Å²) in [7, 11) is 4.01. The first-order valence-corrected chi connectivity index (χ1v) is 6.58. The average molecular weight is 264 g/mol. The first-order valence-electron chi connectivity index (χ1n) is 5.70. The van der Waals surface area contributed by atoms with Crippen LogP contribution in [-0.2, 0) is 0 Å². The lowest BCUT2D eigenvalue weighted by molar-refractivity contribution is 0.0914. The van der Waals surface area contributed by atoms with Gasteiger partial charge in [-0.3, -0.25) is 4.79 Å². The minimum Gasteiger partial charge on any atom is -0.459 e. The second-order valence-corrected chi connectivity index (χ2v) is 5.16. The fraction of sp³-hybridized carbons (Fsp3) is 0.308. The Morgan fingerprint density at radius 1 is 1.44 bits per heavy atom. The maximum absolute atomic E-state index is 11.8.